The molecule has 0 aliphatic rings. The van der Waals surface area contributed by atoms with Crippen LogP contribution in [0.4, 0.5) is 40.0 Å². The van der Waals surface area contributed by atoms with Crippen molar-refractivity contribution in [2.45, 2.75) is 97.3 Å². The highest BCUT2D eigenvalue weighted by Gasteiger charge is 2.29. The summed E-state index contributed by atoms with van der Waals surface area (Å²) in [6.45, 7) is 3.30. The number of carbonyl (C=O) groups excluding carboxylic acids is 4. The third-order valence-corrected chi connectivity index (χ3v) is 18.3. The van der Waals surface area contributed by atoms with Crippen LogP contribution < -0.4 is 19.3 Å². The second-order valence-electron chi connectivity index (χ2n) is 21.5. The summed E-state index contributed by atoms with van der Waals surface area (Å²) in [7, 11) is -9.16. The largest absolute Gasteiger partial charge is 0.492 e. The molecule has 2 heterocycles. The highest BCUT2D eigenvalue weighted by Crippen LogP contribution is 2.44. The van der Waals surface area contributed by atoms with Gasteiger partial charge in [0, 0.05) is 17.2 Å². The first-order valence-electron chi connectivity index (χ1n) is 31.0. The average molecular weight is 1530 g/mol. The molecule has 0 bridgehead atoms. The lowest BCUT2D eigenvalue weighted by Gasteiger charge is -2.20. The lowest BCUT2D eigenvalue weighted by Crippen LogP contribution is -2.28. The van der Waals surface area contributed by atoms with Crippen LogP contribution in [0, 0.1) is 11.6 Å². The topological polar surface area (TPSA) is 289 Å². The summed E-state index contributed by atoms with van der Waals surface area (Å²) < 4.78 is 91.0. The molecule has 0 saturated carbocycles. The number of benzene rings is 6. The van der Waals surface area contributed by atoms with E-state index in [4.69, 9.17) is 94.4 Å². The molecule has 0 aliphatic heterocycles. The van der Waals surface area contributed by atoms with Crippen LogP contribution >= 0.6 is 84.7 Å². The number of rotatable bonds is 35. The van der Waals surface area contributed by atoms with Crippen molar-refractivity contribution in [2.24, 2.45) is 0 Å². The molecule has 0 saturated heterocycles. The van der Waals surface area contributed by atoms with Gasteiger partial charge in [-0.2, -0.15) is 0 Å². The number of thiazole rings is 2. The fourth-order valence-corrected chi connectivity index (χ4v) is 12.5. The highest BCUT2D eigenvalue weighted by molar-refractivity contribution is 7.46. The second-order valence-corrected chi connectivity index (χ2v) is 27.9. The summed E-state index contributed by atoms with van der Waals surface area (Å²) in [6, 6.07) is 32.7. The van der Waals surface area contributed by atoms with Gasteiger partial charge in [-0.25, -0.2) is 56.9 Å². The van der Waals surface area contributed by atoms with Gasteiger partial charge in [-0.05, 0) is 140 Å². The van der Waals surface area contributed by atoms with E-state index in [1.807, 2.05) is 0 Å². The normalized spacial score (nSPS) is 11.3. The number of aromatic nitrogens is 2. The summed E-state index contributed by atoms with van der Waals surface area (Å²) in [5.41, 5.74) is 3.88. The highest BCUT2D eigenvalue weighted by atomic mass is 35.5. The molecule has 0 fully saturated rings. The Kier molecular flexibility index (Phi) is 31.8. The van der Waals surface area contributed by atoms with Crippen molar-refractivity contribution in [1.82, 2.24) is 9.97 Å². The average Bonchev–Trinajstić information content (AvgIpc) is 1.71. The van der Waals surface area contributed by atoms with Gasteiger partial charge >= 0.3 is 39.8 Å². The second kappa shape index (κ2) is 39.8. The Morgan fingerprint density at radius 2 is 0.859 bits per heavy atom. The molecule has 4 N–H and O–H groups in total. The van der Waals surface area contributed by atoms with Crippen LogP contribution in [0.15, 0.2) is 133 Å². The number of carbonyl (C=O) groups is 4. The molecule has 8 aromatic rings. The smallest absolute Gasteiger partial charge is 0.469 e. The van der Waals surface area contributed by atoms with Crippen LogP contribution in [0.1, 0.15) is 116 Å². The third kappa shape index (κ3) is 26.1. The molecular formula is C67H70Cl4F2N4O18P2S2. The monoisotopic (exact) mass is 1520 g/mol. The number of phosphoric acid groups is 2. The summed E-state index contributed by atoms with van der Waals surface area (Å²) in [5.74, 6) is -1.65. The van der Waals surface area contributed by atoms with Crippen molar-refractivity contribution >= 4 is 130 Å². The molecule has 0 atom stereocenters. The molecule has 22 nitrogen and oxygen atoms in total. The fourth-order valence-electron chi connectivity index (χ4n) is 9.11. The lowest BCUT2D eigenvalue weighted by atomic mass is 10.1. The number of phosphoric ester groups is 2. The molecule has 0 aliphatic carbocycles. The first-order valence-corrected chi connectivity index (χ1v) is 37.2. The van der Waals surface area contributed by atoms with E-state index in [1.165, 1.54) is 98.1 Å². The van der Waals surface area contributed by atoms with E-state index < -0.39 is 65.0 Å². The quantitative estimate of drug-likeness (QED) is 0.0124. The van der Waals surface area contributed by atoms with E-state index in [9.17, 15) is 37.1 Å². The Hall–Kier alpha value is -7.10. The minimum Gasteiger partial charge on any atom is -0.492 e. The van der Waals surface area contributed by atoms with Gasteiger partial charge in [0.2, 0.25) is 23.8 Å². The molecule has 530 valence electrons. The minimum atomic E-state index is -4.58. The van der Waals surface area contributed by atoms with Gasteiger partial charge < -0.3 is 48.0 Å². The van der Waals surface area contributed by atoms with E-state index in [-0.39, 0.29) is 72.5 Å². The number of ether oxygens (including phenoxy) is 6. The zero-order chi connectivity index (χ0) is 71.5. The van der Waals surface area contributed by atoms with Crippen LogP contribution in [-0.2, 0) is 50.0 Å². The fraction of sp³-hybridized carbons (Fsp3) is 0.313. The number of nitrogens with zero attached hydrogens (tertiary/aromatic N) is 4. The first kappa shape index (κ1) is 79.2. The number of hydrogen-bond acceptors (Lipinski definition) is 18. The SMILES string of the molecule is CCCCCCCCOc1ccc(N(C(=O)OCOC(=O)c2ccc(CCOP(=O)(O)O)cc2)c2nc(-c3ccc(F)cc3)c(Cl)s2)cc1Cl.CCCCCCCOc1cc(N(C(=O)OCOC(=O)c2ccc(CCOP(=O)(O)O)cc2)c2nc(-c3ccc(F)cc3)c(Cl)s2)ccc1Cl. The number of anilines is 4. The van der Waals surface area contributed by atoms with Crippen LogP contribution in [0.5, 0.6) is 11.5 Å². The van der Waals surface area contributed by atoms with Crippen LogP contribution in [0.2, 0.25) is 18.7 Å². The van der Waals surface area contributed by atoms with Gasteiger partial charge in [0.25, 0.3) is 0 Å². The van der Waals surface area contributed by atoms with Crippen LogP contribution in [0.25, 0.3) is 22.5 Å². The van der Waals surface area contributed by atoms with Gasteiger partial charge in [-0.15, -0.1) is 0 Å². The molecular weight excluding hydrogens is 1450 g/mol. The van der Waals surface area contributed by atoms with Crippen molar-refractivity contribution in [3.05, 3.63) is 186 Å². The summed E-state index contributed by atoms with van der Waals surface area (Å²) in [4.78, 5) is 99.0. The number of unbranched alkanes of at least 4 members (excludes halogenated alkanes) is 9. The number of hydrogen-bond donors (Lipinski definition) is 4. The molecule has 32 heteroatoms. The van der Waals surface area contributed by atoms with Gasteiger partial charge in [0.05, 0.1) is 59.0 Å². The maximum absolute atomic E-state index is 13.6. The van der Waals surface area contributed by atoms with Crippen LogP contribution in [-0.4, -0.2) is 93.7 Å². The zero-order valence-corrected chi connectivity index (χ0v) is 59.9. The summed E-state index contributed by atoms with van der Waals surface area (Å²) in [5, 5.41) is 0.813. The van der Waals surface area contributed by atoms with Gasteiger partial charge in [0.1, 0.15) is 43.2 Å². The summed E-state index contributed by atoms with van der Waals surface area (Å²) >= 11 is 28.0. The molecule has 2 aromatic heterocycles. The molecule has 8 rings (SSSR count). The van der Waals surface area contributed by atoms with Gasteiger partial charge in [0.15, 0.2) is 0 Å². The molecule has 99 heavy (non-hydrogen) atoms. The zero-order valence-electron chi connectivity index (χ0n) is 53.4. The van der Waals surface area contributed by atoms with Crippen LogP contribution in [0.3, 0.4) is 0 Å². The van der Waals surface area contributed by atoms with Crippen molar-refractivity contribution in [1.29, 1.82) is 0 Å². The Bertz CT molecular complexity index is 4040. The van der Waals surface area contributed by atoms with E-state index >= 15 is 0 Å². The molecule has 2 amide bonds. The molecule has 6 aromatic carbocycles. The van der Waals surface area contributed by atoms with E-state index in [1.54, 1.807) is 54.6 Å². The van der Waals surface area contributed by atoms with Crippen molar-refractivity contribution < 1.29 is 94.1 Å². The lowest BCUT2D eigenvalue weighted by molar-refractivity contribution is -0.00138. The Labute approximate surface area is 598 Å². The Balaban J connectivity index is 0.000000278. The number of halogens is 6. The Morgan fingerprint density at radius 1 is 0.465 bits per heavy atom. The number of amides is 2. The van der Waals surface area contributed by atoms with Crippen molar-refractivity contribution in [3.63, 3.8) is 0 Å². The van der Waals surface area contributed by atoms with Crippen molar-refractivity contribution in [2.75, 3.05) is 49.8 Å². The third-order valence-electron chi connectivity index (χ3n) is 14.2. The predicted molar refractivity (Wildman–Crippen MR) is 375 cm³/mol. The minimum absolute atomic E-state index is 0.112. The summed E-state index contributed by atoms with van der Waals surface area (Å²) in [6.07, 6.45) is 10.3. The maximum atomic E-state index is 13.6. The standard InChI is InChI=1S/C34H36Cl2FN2O9PS.C33H34Cl2FN2O9PS/c1-2-3-4-5-6-7-19-45-29-17-16-27(21-28(29)35)39(33-38-30(31(36)50-33)24-12-14-26(37)15-13-24)34(41)47-22-46-32(40)25-10-8-23(9-11-25)18-20-48-49(42,43)44;1-2-3-4-5-6-18-44-28-20-26(15-16-27(28)34)38(32-37-29(30(35)49-32)23-11-13-25(36)14-12-23)33(40)46-21-45-31(39)24-9-7-22(8-10-24)17-19-47-48(41,42)43/h8-17,21H,2-7,18-20,22H2,1H3,(H2,42,43,44);7-16,20H,2-6,17-19,21H2,1H3,(H2,41,42,43). The first-order chi connectivity index (χ1) is 47.4. The van der Waals surface area contributed by atoms with Gasteiger partial charge in [-0.1, -0.05) is 165 Å². The maximum Gasteiger partial charge on any atom is 0.469 e. The van der Waals surface area contributed by atoms with E-state index in [0.29, 0.717) is 63.4 Å². The number of esters is 2. The van der Waals surface area contributed by atoms with E-state index in [0.717, 1.165) is 83.8 Å². The molecule has 0 spiro atoms. The molecule has 0 radical (unpaired) electrons. The van der Waals surface area contributed by atoms with E-state index in [2.05, 4.69) is 32.9 Å². The van der Waals surface area contributed by atoms with Gasteiger partial charge in [-0.3, -0.25) is 9.05 Å². The molecule has 0 unspecified atom stereocenters. The predicted octanol–water partition coefficient (Wildman–Crippen LogP) is 19.1. The van der Waals surface area contributed by atoms with Crippen molar-refractivity contribution in [3.8, 4) is 34.0 Å². The Morgan fingerprint density at radius 3 is 1.27 bits per heavy atom.